The zero-order valence-electron chi connectivity index (χ0n) is 83.6. The Labute approximate surface area is 874 Å². The summed E-state index contributed by atoms with van der Waals surface area (Å²) in [6, 6.07) is 72.0. The van der Waals surface area contributed by atoms with Crippen LogP contribution in [0, 0.1) is 61.7 Å². The summed E-state index contributed by atoms with van der Waals surface area (Å²) in [6.07, 6.45) is -0.764. The fraction of sp³-hybridized carbons (Fsp3) is 0.270. The highest BCUT2D eigenvalue weighted by molar-refractivity contribution is 7.18. The van der Waals surface area contributed by atoms with Crippen molar-refractivity contribution < 1.29 is 46.3 Å². The molecule has 0 saturated heterocycles. The number of alkyl halides is 4. The standard InChI is InChI=1S/2C25H21N5OS2.2C21H23F2N3O.C19H19ClN4O2S/c2*1-14-28-19-10-17(7-8-20(19)33-14)22-23(31)30(3)24(27)29-25(22,2)21-11-18(13-32-21)16-6-4-5-15(9-16)12-26;2*1-13-6-5-7-16(12-13)20(2)17(18(27)26(4)19(24)25-20)14-8-10-15(11-9-14)21(3,22)23;1-4-26-16-17(25)24(3)18(22)23-19(16,2)15-8-13(10-27-15)12-5-11(9-21)6-14(20)7-12/h2*4-11,13,22H,1-3H3,(H2,27,29);2*5-12,17H,1-4H3,(H2,24,25);5-8,10,16H,4H2,1-3H3,(H2,22,23)/t22-,25+;22-,25-;17-,20+;17-,20-;16?,19-/m01011/s1. The molecule has 0 fully saturated rings. The van der Waals surface area contributed by atoms with E-state index in [1.807, 2.05) is 213 Å². The van der Waals surface area contributed by atoms with Crippen LogP contribution in [0.5, 0.6) is 0 Å². The lowest BCUT2D eigenvalue weighted by Crippen LogP contribution is -2.57. The molecular formula is C111H107ClF4N20O6S5. The number of aryl methyl sites for hydroxylation is 4. The zero-order valence-corrected chi connectivity index (χ0v) is 88.4. The van der Waals surface area contributed by atoms with E-state index in [0.29, 0.717) is 39.4 Å². The van der Waals surface area contributed by atoms with Gasteiger partial charge < -0.3 is 33.4 Å². The molecule has 14 aromatic rings. The van der Waals surface area contributed by atoms with Crippen molar-refractivity contribution >= 4 is 148 Å². The van der Waals surface area contributed by atoms with Gasteiger partial charge in [0.2, 0.25) is 23.6 Å². The molecule has 9 aromatic carbocycles. The van der Waals surface area contributed by atoms with Gasteiger partial charge in [0.25, 0.3) is 17.8 Å². The van der Waals surface area contributed by atoms with Crippen LogP contribution >= 0.6 is 68.3 Å². The summed E-state index contributed by atoms with van der Waals surface area (Å²) in [7, 11) is 8.04. The van der Waals surface area contributed by atoms with Gasteiger partial charge in [-0.1, -0.05) is 156 Å². The van der Waals surface area contributed by atoms with E-state index < -0.39 is 69.3 Å². The van der Waals surface area contributed by atoms with Crippen molar-refractivity contribution in [3.05, 3.63) is 337 Å². The van der Waals surface area contributed by atoms with E-state index in [-0.39, 0.29) is 70.5 Å². The zero-order chi connectivity index (χ0) is 106. The summed E-state index contributed by atoms with van der Waals surface area (Å²) in [5.74, 6) is -8.34. The molecule has 5 aliphatic heterocycles. The number of benzene rings is 9. The number of aliphatic imine (C=N–C) groups is 5. The number of carbonyl (C=O) groups excluding carboxylic acids is 5. The minimum absolute atomic E-state index is 0.0943. The number of ether oxygens (including phenoxy) is 1. The Morgan fingerprint density at radius 2 is 0.701 bits per heavy atom. The number of nitrogens with two attached hydrogens (primary N) is 5. The maximum atomic E-state index is 13.6. The first kappa shape index (κ1) is 106. The first-order chi connectivity index (χ1) is 69.5. The van der Waals surface area contributed by atoms with Crippen molar-refractivity contribution in [2.24, 2.45) is 53.6 Å². The van der Waals surface area contributed by atoms with E-state index in [4.69, 9.17) is 60.3 Å². The van der Waals surface area contributed by atoms with E-state index in [1.165, 1.54) is 60.1 Å². The Bertz CT molecular complexity index is 7440. The number of fused-ring (bicyclic) bond motifs is 2. The largest absolute Gasteiger partial charge is 0.369 e. The summed E-state index contributed by atoms with van der Waals surface area (Å²) in [5, 5.41) is 36.2. The topological polar surface area (TPSA) is 400 Å². The van der Waals surface area contributed by atoms with Crippen LogP contribution in [0.4, 0.5) is 17.6 Å². The molecular weight excluding hydrogens is 1980 g/mol. The quantitative estimate of drug-likeness (QED) is 0.0561. The molecule has 5 amide bonds. The van der Waals surface area contributed by atoms with Gasteiger partial charge >= 0.3 is 0 Å². The Kier molecular flexibility index (Phi) is 30.3. The maximum Gasteiger partial charge on any atom is 0.270 e. The summed E-state index contributed by atoms with van der Waals surface area (Å²) in [6.45, 7) is 21.3. The molecule has 36 heteroatoms. The number of carbonyl (C=O) groups is 5. The van der Waals surface area contributed by atoms with Crippen LogP contribution in [0.1, 0.15) is 176 Å². The van der Waals surface area contributed by atoms with E-state index >= 15 is 0 Å². The van der Waals surface area contributed by atoms with Crippen molar-refractivity contribution in [3.63, 3.8) is 0 Å². The van der Waals surface area contributed by atoms with Gasteiger partial charge in [0, 0.05) is 86.5 Å². The second-order valence-corrected chi connectivity index (χ2v) is 43.3. The molecule has 0 saturated carbocycles. The third-order valence-corrected chi connectivity index (χ3v) is 32.7. The molecule has 0 spiro atoms. The van der Waals surface area contributed by atoms with Crippen molar-refractivity contribution in [1.29, 1.82) is 15.8 Å². The normalized spacial score (nSPS) is 22.0. The average Bonchev–Trinajstić information content (AvgIpc) is 1.72. The third-order valence-electron chi connectivity index (χ3n) is 27.1. The number of nitrogens with zero attached hydrogens (tertiary/aromatic N) is 15. The van der Waals surface area contributed by atoms with Crippen LogP contribution in [0.2, 0.25) is 5.02 Å². The number of nitriles is 3. The molecule has 1 unspecified atom stereocenters. The first-order valence-corrected chi connectivity index (χ1v) is 51.2. The SMILES string of the molecule is CCOC1C(=O)N(C)C(N)=N[C@]1(C)c1cc(-c2cc(Cl)cc(C#N)c2)cs1.Cc1cccc([C@@]2(C)N=C(N)N(C)C(=O)[C@@H]2c2ccc(C(C)(F)F)cc2)c1.Cc1cccc([C@@]2(C)N=C(N)N(C)C(=O)[C@H]2c2ccc(C(C)(F)F)cc2)c1.Cc1nc2cc([C@@H]3C(=O)N(C)C(N)=N[C@]3(C)c3cc(-c4cccc(C#N)c4)cs3)ccc2s1.Cc1nc2cc([C@H]3C(=O)N(C)C(N)=N[C@]3(C)c3cc(-c4cccc(C#N)c4)cs3)ccc2s1. The highest BCUT2D eigenvalue weighted by Gasteiger charge is 2.54. The highest BCUT2D eigenvalue weighted by Crippen LogP contribution is 2.53. The van der Waals surface area contributed by atoms with Crippen LogP contribution in [-0.4, -0.2) is 142 Å². The third kappa shape index (κ3) is 21.3. The van der Waals surface area contributed by atoms with E-state index in [0.717, 1.165) is 126 Å². The van der Waals surface area contributed by atoms with E-state index in [9.17, 15) is 52.1 Å². The number of thiophene rings is 3. The fourth-order valence-corrected chi connectivity index (χ4v) is 23.9. The predicted molar refractivity (Wildman–Crippen MR) is 577 cm³/mol. The van der Waals surface area contributed by atoms with Gasteiger partial charge in [0.05, 0.1) is 89.0 Å². The Hall–Kier alpha value is -15.0. The van der Waals surface area contributed by atoms with Crippen LogP contribution in [0.15, 0.2) is 259 Å². The second kappa shape index (κ2) is 41.9. The Morgan fingerprint density at radius 3 is 1.05 bits per heavy atom. The number of rotatable bonds is 16. The van der Waals surface area contributed by atoms with Crippen molar-refractivity contribution in [2.75, 3.05) is 41.8 Å². The minimum Gasteiger partial charge on any atom is -0.369 e. The molecule has 5 aromatic heterocycles. The van der Waals surface area contributed by atoms with Crippen molar-refractivity contribution in [1.82, 2.24) is 34.5 Å². The van der Waals surface area contributed by atoms with E-state index in [1.54, 1.807) is 135 Å². The molecule has 5 aliphatic rings. The lowest BCUT2D eigenvalue weighted by molar-refractivity contribution is -0.144. The molecule has 10 N–H and O–H groups in total. The number of amides is 5. The van der Waals surface area contributed by atoms with Gasteiger partial charge in [-0.3, -0.25) is 48.5 Å². The highest BCUT2D eigenvalue weighted by atomic mass is 35.5. The smallest absolute Gasteiger partial charge is 0.270 e. The van der Waals surface area contributed by atoms with Gasteiger partial charge in [-0.2, -0.15) is 15.8 Å². The summed E-state index contributed by atoms with van der Waals surface area (Å²) in [4.78, 5) is 108. The monoisotopic (exact) mass is 2090 g/mol. The molecule has 26 nitrogen and oxygen atoms in total. The molecule has 147 heavy (non-hydrogen) atoms. The fourth-order valence-electron chi connectivity index (χ4n) is 18.9. The molecule has 0 aliphatic carbocycles. The number of hydrogen-bond donors (Lipinski definition) is 5. The van der Waals surface area contributed by atoms with Crippen LogP contribution in [0.25, 0.3) is 53.8 Å². The molecule has 0 bridgehead atoms. The Balaban J connectivity index is 0.000000138. The Morgan fingerprint density at radius 1 is 0.381 bits per heavy atom. The number of halogens is 5. The van der Waals surface area contributed by atoms with Crippen LogP contribution in [-0.2, 0) is 68.2 Å². The minimum atomic E-state index is -2.94. The summed E-state index contributed by atoms with van der Waals surface area (Å²) >= 11 is 13.9. The number of thiazole rings is 2. The number of aromatic nitrogens is 2. The second-order valence-electron chi connectivity index (χ2n) is 37.6. The molecule has 19 rings (SSSR count). The van der Waals surface area contributed by atoms with E-state index in [2.05, 4.69) is 55.3 Å². The summed E-state index contributed by atoms with van der Waals surface area (Å²) < 4.78 is 62.2. The molecule has 10 atom stereocenters. The predicted octanol–water partition coefficient (Wildman–Crippen LogP) is 21.1. The average molecular weight is 2090 g/mol. The van der Waals surface area contributed by atoms with Gasteiger partial charge in [-0.15, -0.1) is 56.7 Å². The first-order valence-electron chi connectivity index (χ1n) is 46.6. The van der Waals surface area contributed by atoms with Crippen LogP contribution in [0.3, 0.4) is 0 Å². The van der Waals surface area contributed by atoms with Gasteiger partial charge in [-0.25, -0.2) is 52.5 Å². The number of guanidine groups is 5. The molecule has 0 radical (unpaired) electrons. The van der Waals surface area contributed by atoms with Crippen LogP contribution < -0.4 is 28.7 Å². The van der Waals surface area contributed by atoms with Crippen molar-refractivity contribution in [3.8, 4) is 51.6 Å². The van der Waals surface area contributed by atoms with Gasteiger partial charge in [0.1, 0.15) is 27.7 Å². The van der Waals surface area contributed by atoms with Crippen molar-refractivity contribution in [2.45, 2.75) is 152 Å². The lowest BCUT2D eigenvalue weighted by Gasteiger charge is -2.41. The number of hydrogen-bond acceptors (Lipinski definition) is 26. The molecule has 752 valence electrons. The molecule has 10 heterocycles. The number of likely N-dealkylation sites (N-methyl/N-ethyl adjacent to an activating group) is 5. The summed E-state index contributed by atoms with van der Waals surface area (Å²) in [5.41, 5.74) is 41.4. The van der Waals surface area contributed by atoms with Gasteiger partial charge in [-0.05, 0) is 237 Å². The van der Waals surface area contributed by atoms with Gasteiger partial charge in [0.15, 0.2) is 35.9 Å². The maximum absolute atomic E-state index is 13.6. The lowest BCUT2D eigenvalue weighted by atomic mass is 9.74.